The van der Waals surface area contributed by atoms with E-state index in [-0.39, 0.29) is 6.16 Å². The van der Waals surface area contributed by atoms with Crippen molar-refractivity contribution in [3.63, 3.8) is 0 Å². The maximum absolute atomic E-state index is 12.6. The largest absolute Gasteiger partial charge is 0.341 e. The molecule has 1 rings (SSSR count). The van der Waals surface area contributed by atoms with Crippen LogP contribution in [0, 0.1) is 33.1 Å². The van der Waals surface area contributed by atoms with Crippen molar-refractivity contribution in [1.82, 2.24) is 0 Å². The van der Waals surface area contributed by atoms with Crippen LogP contribution < -0.4 is 0 Å². The number of hydrogen-bond donors (Lipinski definition) is 1. The normalized spacial score (nSPS) is 15.1. The van der Waals surface area contributed by atoms with Gasteiger partial charge in [-0.2, -0.15) is 0 Å². The van der Waals surface area contributed by atoms with Gasteiger partial charge in [-0.05, 0) is 56.5 Å². The third-order valence-corrected chi connectivity index (χ3v) is 5.22. The van der Waals surface area contributed by atoms with E-state index < -0.39 is 7.37 Å². The van der Waals surface area contributed by atoms with E-state index in [9.17, 15) is 9.46 Å². The minimum Gasteiger partial charge on any atom is -0.341 e. The fourth-order valence-corrected chi connectivity index (χ4v) is 4.13. The molecule has 1 aromatic rings. The molecule has 0 aliphatic carbocycles. The Bertz CT molecular complexity index is 622. The third kappa shape index (κ3) is 3.97. The second kappa shape index (κ2) is 6.75. The maximum atomic E-state index is 12.6. The maximum Gasteiger partial charge on any atom is 0.233 e. The second-order valence-electron chi connectivity index (χ2n) is 4.95. The van der Waals surface area contributed by atoms with Crippen LogP contribution in [0.25, 0.3) is 0 Å². The van der Waals surface area contributed by atoms with Gasteiger partial charge in [-0.3, -0.25) is 4.57 Å². The van der Waals surface area contributed by atoms with Gasteiger partial charge in [0.2, 0.25) is 7.37 Å². The molecule has 0 fully saturated rings. The fraction of sp³-hybridized carbons (Fsp3) is 0.294. The van der Waals surface area contributed by atoms with Crippen LogP contribution in [0.2, 0.25) is 0 Å². The number of allylic oxidation sites excluding steroid dienone is 4. The SMILES string of the molecule is C#C/C=C\C(=C/C)P(=O)(O)Cc1c(C)cc(C)cc1C. The van der Waals surface area contributed by atoms with E-state index in [0.29, 0.717) is 5.31 Å². The lowest BCUT2D eigenvalue weighted by molar-refractivity contribution is 0.485. The Kier molecular flexibility index (Phi) is 5.57. The summed E-state index contributed by atoms with van der Waals surface area (Å²) in [6, 6.07) is 4.07. The van der Waals surface area contributed by atoms with Crippen LogP contribution in [0.1, 0.15) is 29.2 Å². The van der Waals surface area contributed by atoms with Gasteiger partial charge in [-0.1, -0.05) is 29.7 Å². The van der Waals surface area contributed by atoms with Gasteiger partial charge in [-0.15, -0.1) is 6.42 Å². The molecule has 1 atom stereocenters. The summed E-state index contributed by atoms with van der Waals surface area (Å²) in [5.41, 5.74) is 4.20. The van der Waals surface area contributed by atoms with E-state index in [1.807, 2.05) is 32.9 Å². The second-order valence-corrected chi connectivity index (χ2v) is 7.19. The molecule has 0 heterocycles. The first-order chi connectivity index (χ1) is 9.31. The molecule has 0 saturated heterocycles. The van der Waals surface area contributed by atoms with Crippen molar-refractivity contribution in [1.29, 1.82) is 0 Å². The zero-order chi connectivity index (χ0) is 15.3. The summed E-state index contributed by atoms with van der Waals surface area (Å²) in [5.74, 6) is 2.35. The molecule has 1 unspecified atom stereocenters. The molecule has 0 radical (unpaired) electrons. The number of rotatable bonds is 4. The predicted molar refractivity (Wildman–Crippen MR) is 85.9 cm³/mol. The van der Waals surface area contributed by atoms with Gasteiger partial charge >= 0.3 is 0 Å². The van der Waals surface area contributed by atoms with E-state index in [0.717, 1.165) is 22.3 Å². The molecule has 0 aliphatic rings. The van der Waals surface area contributed by atoms with Crippen molar-refractivity contribution in [3.8, 4) is 12.3 Å². The summed E-state index contributed by atoms with van der Waals surface area (Å²) in [7, 11) is -3.44. The van der Waals surface area contributed by atoms with Crippen molar-refractivity contribution in [2.45, 2.75) is 33.9 Å². The van der Waals surface area contributed by atoms with Gasteiger partial charge in [0, 0.05) is 5.31 Å². The van der Waals surface area contributed by atoms with Crippen LogP contribution in [0.15, 0.2) is 35.7 Å². The number of aryl methyl sites for hydroxylation is 3. The number of terminal acetylenes is 1. The summed E-state index contributed by atoms with van der Waals surface area (Å²) < 4.78 is 12.6. The highest BCUT2D eigenvalue weighted by atomic mass is 31.2. The summed E-state index contributed by atoms with van der Waals surface area (Å²) in [5, 5.41) is 0.398. The molecule has 3 heteroatoms. The van der Waals surface area contributed by atoms with E-state index in [4.69, 9.17) is 6.42 Å². The summed E-state index contributed by atoms with van der Waals surface area (Å²) >= 11 is 0. The van der Waals surface area contributed by atoms with Crippen molar-refractivity contribution in [3.05, 3.63) is 57.9 Å². The summed E-state index contributed by atoms with van der Waals surface area (Å²) in [4.78, 5) is 10.3. The van der Waals surface area contributed by atoms with Crippen molar-refractivity contribution < 1.29 is 9.46 Å². The highest BCUT2D eigenvalue weighted by Crippen LogP contribution is 2.54. The predicted octanol–water partition coefficient (Wildman–Crippen LogP) is 4.48. The summed E-state index contributed by atoms with van der Waals surface area (Å²) in [6.07, 6.45) is 9.93. The Balaban J connectivity index is 3.18. The van der Waals surface area contributed by atoms with Crippen LogP contribution in [0.4, 0.5) is 0 Å². The van der Waals surface area contributed by atoms with Crippen LogP contribution in [-0.4, -0.2) is 4.89 Å². The third-order valence-electron chi connectivity index (χ3n) is 3.26. The molecule has 2 nitrogen and oxygen atoms in total. The van der Waals surface area contributed by atoms with Crippen LogP contribution in [0.3, 0.4) is 0 Å². The standard InChI is InChI=1S/C17H21O2P/c1-6-8-9-16(7-2)20(18,19)12-17-14(4)10-13(3)11-15(17)5/h1,7-11H,12H2,2-5H3,(H,18,19)/b9-8-,16-7+. The fourth-order valence-electron chi connectivity index (χ4n) is 2.31. The van der Waals surface area contributed by atoms with Crippen molar-refractivity contribution in [2.24, 2.45) is 0 Å². The quantitative estimate of drug-likeness (QED) is 0.504. The molecule has 0 amide bonds. The molecule has 0 saturated carbocycles. The minimum atomic E-state index is -3.44. The molecule has 0 bridgehead atoms. The molecule has 0 aliphatic heterocycles. The minimum absolute atomic E-state index is 0.138. The lowest BCUT2D eigenvalue weighted by atomic mass is 10.0. The summed E-state index contributed by atoms with van der Waals surface area (Å²) in [6.45, 7) is 7.72. The van der Waals surface area contributed by atoms with Crippen LogP contribution in [-0.2, 0) is 10.7 Å². The first-order valence-electron chi connectivity index (χ1n) is 6.50. The zero-order valence-corrected chi connectivity index (χ0v) is 13.4. The highest BCUT2D eigenvalue weighted by Gasteiger charge is 2.24. The van der Waals surface area contributed by atoms with Gasteiger partial charge in [0.15, 0.2) is 0 Å². The van der Waals surface area contributed by atoms with Gasteiger partial charge < -0.3 is 4.89 Å². The highest BCUT2D eigenvalue weighted by molar-refractivity contribution is 7.61. The van der Waals surface area contributed by atoms with Gasteiger partial charge in [-0.25, -0.2) is 0 Å². The Labute approximate surface area is 121 Å². The lowest BCUT2D eigenvalue weighted by Crippen LogP contribution is -1.97. The van der Waals surface area contributed by atoms with Crippen LogP contribution >= 0.6 is 7.37 Å². The Morgan fingerprint density at radius 1 is 1.35 bits per heavy atom. The Morgan fingerprint density at radius 2 is 1.90 bits per heavy atom. The molecule has 1 N–H and O–H groups in total. The lowest BCUT2D eigenvalue weighted by Gasteiger charge is -2.17. The first-order valence-corrected chi connectivity index (χ1v) is 8.34. The van der Waals surface area contributed by atoms with E-state index in [2.05, 4.69) is 5.92 Å². The van der Waals surface area contributed by atoms with E-state index in [1.54, 1.807) is 19.1 Å². The number of hydrogen-bond acceptors (Lipinski definition) is 1. The molecule has 106 valence electrons. The average Bonchev–Trinajstić information content (AvgIpc) is 2.34. The zero-order valence-electron chi connectivity index (χ0n) is 12.5. The molecule has 0 spiro atoms. The van der Waals surface area contributed by atoms with Crippen LogP contribution in [0.5, 0.6) is 0 Å². The Hall–Kier alpha value is -1.55. The van der Waals surface area contributed by atoms with E-state index >= 15 is 0 Å². The van der Waals surface area contributed by atoms with Crippen molar-refractivity contribution in [2.75, 3.05) is 0 Å². The molecule has 20 heavy (non-hydrogen) atoms. The Morgan fingerprint density at radius 3 is 2.35 bits per heavy atom. The van der Waals surface area contributed by atoms with Crippen molar-refractivity contribution >= 4 is 7.37 Å². The molecular formula is C17H21O2P. The van der Waals surface area contributed by atoms with Gasteiger partial charge in [0.1, 0.15) is 0 Å². The molecule has 1 aromatic carbocycles. The van der Waals surface area contributed by atoms with E-state index in [1.165, 1.54) is 6.08 Å². The monoisotopic (exact) mass is 288 g/mol. The number of benzene rings is 1. The van der Waals surface area contributed by atoms with Gasteiger partial charge in [0.25, 0.3) is 0 Å². The average molecular weight is 288 g/mol. The topological polar surface area (TPSA) is 37.3 Å². The molecule has 0 aromatic heterocycles. The molecular weight excluding hydrogens is 267 g/mol. The van der Waals surface area contributed by atoms with Gasteiger partial charge in [0.05, 0.1) is 6.16 Å². The first kappa shape index (κ1) is 16.5. The smallest absolute Gasteiger partial charge is 0.233 e.